The van der Waals surface area contributed by atoms with Crippen LogP contribution in [0.25, 0.3) is 0 Å². The first-order valence-corrected chi connectivity index (χ1v) is 8.16. The minimum Gasteiger partial charge on any atom is -0.368 e. The number of anilines is 1. The Kier molecular flexibility index (Phi) is 4.25. The van der Waals surface area contributed by atoms with Crippen molar-refractivity contribution in [3.05, 3.63) is 29.3 Å². The Morgan fingerprint density at radius 1 is 1.35 bits per heavy atom. The summed E-state index contributed by atoms with van der Waals surface area (Å²) in [6.45, 7) is 3.20. The summed E-state index contributed by atoms with van der Waals surface area (Å²) in [5.74, 6) is -0.321. The molecule has 6 heteroatoms. The number of amides is 1. The van der Waals surface area contributed by atoms with Gasteiger partial charge in [-0.05, 0) is 56.4 Å². The zero-order chi connectivity index (χ0) is 16.6. The summed E-state index contributed by atoms with van der Waals surface area (Å²) in [4.78, 5) is 14.5. The Balaban J connectivity index is 1.99. The molecule has 0 spiro atoms. The second-order valence-electron chi connectivity index (χ2n) is 6.30. The monoisotopic (exact) mass is 326 g/mol. The minimum atomic E-state index is -4.35. The van der Waals surface area contributed by atoms with Gasteiger partial charge < -0.3 is 10.2 Å². The molecule has 3 nitrogen and oxygen atoms in total. The van der Waals surface area contributed by atoms with E-state index < -0.39 is 11.7 Å². The van der Waals surface area contributed by atoms with Crippen LogP contribution in [0.2, 0.25) is 0 Å². The second-order valence-corrected chi connectivity index (χ2v) is 6.30. The van der Waals surface area contributed by atoms with Crippen molar-refractivity contribution in [3.8, 4) is 0 Å². The van der Waals surface area contributed by atoms with Crippen molar-refractivity contribution in [2.45, 2.75) is 44.8 Å². The maximum absolute atomic E-state index is 13.0. The SMILES string of the molecule is CCNC(=O)[C@@H]1Cc2cc(C(F)(F)F)ccc2N2CCCC[C@@H]12. The van der Waals surface area contributed by atoms with Crippen LogP contribution in [0.1, 0.15) is 37.3 Å². The number of rotatable bonds is 2. The third-order valence-corrected chi connectivity index (χ3v) is 4.86. The van der Waals surface area contributed by atoms with E-state index in [2.05, 4.69) is 10.2 Å². The van der Waals surface area contributed by atoms with Crippen molar-refractivity contribution in [2.24, 2.45) is 5.92 Å². The topological polar surface area (TPSA) is 32.3 Å². The van der Waals surface area contributed by atoms with Gasteiger partial charge in [0.1, 0.15) is 0 Å². The van der Waals surface area contributed by atoms with E-state index in [0.717, 1.165) is 37.6 Å². The van der Waals surface area contributed by atoms with E-state index in [1.807, 2.05) is 6.92 Å². The van der Waals surface area contributed by atoms with Crippen molar-refractivity contribution in [2.75, 3.05) is 18.0 Å². The highest BCUT2D eigenvalue weighted by atomic mass is 19.4. The zero-order valence-electron chi connectivity index (χ0n) is 13.1. The summed E-state index contributed by atoms with van der Waals surface area (Å²) in [6.07, 6.45) is -0.977. The van der Waals surface area contributed by atoms with E-state index in [-0.39, 0.29) is 17.9 Å². The molecule has 0 aliphatic carbocycles. The van der Waals surface area contributed by atoms with Crippen LogP contribution in [0.5, 0.6) is 0 Å². The number of alkyl halides is 3. The summed E-state index contributed by atoms with van der Waals surface area (Å²) in [5.41, 5.74) is 0.860. The molecule has 0 aromatic heterocycles. The number of benzene rings is 1. The molecule has 1 saturated heterocycles. The molecule has 2 heterocycles. The summed E-state index contributed by atoms with van der Waals surface area (Å²) in [6, 6.07) is 4.04. The molecule has 1 aromatic rings. The summed E-state index contributed by atoms with van der Waals surface area (Å²) in [5, 5.41) is 2.84. The molecule has 2 aliphatic heterocycles. The summed E-state index contributed by atoms with van der Waals surface area (Å²) >= 11 is 0. The Morgan fingerprint density at radius 3 is 2.83 bits per heavy atom. The quantitative estimate of drug-likeness (QED) is 0.904. The predicted molar refractivity (Wildman–Crippen MR) is 82.3 cm³/mol. The van der Waals surface area contributed by atoms with Crippen LogP contribution in [-0.4, -0.2) is 25.0 Å². The van der Waals surface area contributed by atoms with Crippen molar-refractivity contribution in [1.29, 1.82) is 0 Å². The van der Waals surface area contributed by atoms with E-state index in [1.54, 1.807) is 6.07 Å². The zero-order valence-corrected chi connectivity index (χ0v) is 13.1. The highest BCUT2D eigenvalue weighted by molar-refractivity contribution is 5.82. The maximum atomic E-state index is 13.0. The number of piperidine rings is 1. The number of hydrogen-bond donors (Lipinski definition) is 1. The van der Waals surface area contributed by atoms with E-state index in [9.17, 15) is 18.0 Å². The van der Waals surface area contributed by atoms with Gasteiger partial charge in [0, 0.05) is 24.8 Å². The Labute approximate surface area is 133 Å². The molecular formula is C17H21F3N2O. The van der Waals surface area contributed by atoms with Crippen LogP contribution < -0.4 is 10.2 Å². The van der Waals surface area contributed by atoms with Crippen molar-refractivity contribution < 1.29 is 18.0 Å². The molecule has 1 N–H and O–H groups in total. The van der Waals surface area contributed by atoms with Crippen LogP contribution in [0, 0.1) is 5.92 Å². The normalized spacial score (nSPS) is 23.9. The van der Waals surface area contributed by atoms with Crippen LogP contribution in [-0.2, 0) is 17.4 Å². The fraction of sp³-hybridized carbons (Fsp3) is 0.588. The van der Waals surface area contributed by atoms with Crippen molar-refractivity contribution in [3.63, 3.8) is 0 Å². The van der Waals surface area contributed by atoms with Gasteiger partial charge in [-0.15, -0.1) is 0 Å². The number of fused-ring (bicyclic) bond motifs is 3. The number of carbonyl (C=O) groups excluding carboxylic acids is 1. The van der Waals surface area contributed by atoms with E-state index in [1.165, 1.54) is 6.07 Å². The Bertz CT molecular complexity index is 600. The van der Waals surface area contributed by atoms with Crippen molar-refractivity contribution in [1.82, 2.24) is 5.32 Å². The molecule has 1 aromatic carbocycles. The van der Waals surface area contributed by atoms with Gasteiger partial charge >= 0.3 is 6.18 Å². The molecule has 23 heavy (non-hydrogen) atoms. The first-order chi connectivity index (χ1) is 10.9. The summed E-state index contributed by atoms with van der Waals surface area (Å²) < 4.78 is 38.9. The molecular weight excluding hydrogens is 305 g/mol. The molecule has 1 fully saturated rings. The molecule has 0 unspecified atom stereocenters. The van der Waals surface area contributed by atoms with E-state index in [4.69, 9.17) is 0 Å². The van der Waals surface area contributed by atoms with Gasteiger partial charge in [0.05, 0.1) is 11.5 Å². The van der Waals surface area contributed by atoms with Crippen LogP contribution in [0.4, 0.5) is 18.9 Å². The van der Waals surface area contributed by atoms with Gasteiger partial charge in [-0.1, -0.05) is 0 Å². The molecule has 0 bridgehead atoms. The number of halogens is 3. The highest BCUT2D eigenvalue weighted by Gasteiger charge is 2.40. The summed E-state index contributed by atoms with van der Waals surface area (Å²) in [7, 11) is 0. The number of hydrogen-bond acceptors (Lipinski definition) is 2. The van der Waals surface area contributed by atoms with Gasteiger partial charge in [0.15, 0.2) is 0 Å². The molecule has 126 valence electrons. The standard InChI is InChI=1S/C17H21F3N2O/c1-2-21-16(23)13-10-11-9-12(17(18,19)20)6-7-14(11)22-8-4-3-5-15(13)22/h6-7,9,13,15H,2-5,8,10H2,1H3,(H,21,23)/t13-,15+/m1/s1. The lowest BCUT2D eigenvalue weighted by molar-refractivity contribution is -0.137. The molecule has 0 saturated carbocycles. The Hall–Kier alpha value is -1.72. The lowest BCUT2D eigenvalue weighted by Crippen LogP contribution is -2.53. The van der Waals surface area contributed by atoms with Gasteiger partial charge in [0.2, 0.25) is 5.91 Å². The molecule has 2 atom stereocenters. The molecule has 2 aliphatic rings. The fourth-order valence-corrected chi connectivity index (χ4v) is 3.83. The van der Waals surface area contributed by atoms with Crippen LogP contribution >= 0.6 is 0 Å². The largest absolute Gasteiger partial charge is 0.416 e. The first kappa shape index (κ1) is 16.1. The second kappa shape index (κ2) is 6.06. The molecule has 0 radical (unpaired) electrons. The van der Waals surface area contributed by atoms with Crippen LogP contribution in [0.15, 0.2) is 18.2 Å². The van der Waals surface area contributed by atoms with Gasteiger partial charge in [-0.25, -0.2) is 0 Å². The molecule has 3 rings (SSSR count). The van der Waals surface area contributed by atoms with E-state index in [0.29, 0.717) is 18.5 Å². The maximum Gasteiger partial charge on any atom is 0.416 e. The van der Waals surface area contributed by atoms with E-state index >= 15 is 0 Å². The molecule has 1 amide bonds. The van der Waals surface area contributed by atoms with Gasteiger partial charge in [0.25, 0.3) is 0 Å². The van der Waals surface area contributed by atoms with Gasteiger partial charge in [-0.3, -0.25) is 4.79 Å². The van der Waals surface area contributed by atoms with Crippen LogP contribution in [0.3, 0.4) is 0 Å². The average Bonchev–Trinajstić information content (AvgIpc) is 2.53. The lowest BCUT2D eigenvalue weighted by atomic mass is 9.80. The number of nitrogens with one attached hydrogen (secondary N) is 1. The average molecular weight is 326 g/mol. The minimum absolute atomic E-state index is 0.0486. The van der Waals surface area contributed by atoms with Gasteiger partial charge in [-0.2, -0.15) is 13.2 Å². The first-order valence-electron chi connectivity index (χ1n) is 8.16. The number of carbonyl (C=O) groups is 1. The highest BCUT2D eigenvalue weighted by Crippen LogP contribution is 2.41. The smallest absolute Gasteiger partial charge is 0.368 e. The third-order valence-electron chi connectivity index (χ3n) is 4.86. The lowest BCUT2D eigenvalue weighted by Gasteiger charge is -2.46. The van der Waals surface area contributed by atoms with Crippen molar-refractivity contribution >= 4 is 11.6 Å². The predicted octanol–water partition coefficient (Wildman–Crippen LogP) is 3.37. The number of nitrogens with zero attached hydrogens (tertiary/aromatic N) is 1. The Morgan fingerprint density at radius 2 is 2.13 bits per heavy atom. The third kappa shape index (κ3) is 3.03. The fourth-order valence-electron chi connectivity index (χ4n) is 3.83.